The second-order valence-electron chi connectivity index (χ2n) is 12.8. The molecule has 0 aromatic heterocycles. The van der Waals surface area contributed by atoms with Gasteiger partial charge in [-0.3, -0.25) is 9.69 Å². The Morgan fingerprint density at radius 3 is 2.26 bits per heavy atom. The van der Waals surface area contributed by atoms with Gasteiger partial charge in [0.1, 0.15) is 10.4 Å². The first-order valence-electron chi connectivity index (χ1n) is 15.1. The van der Waals surface area contributed by atoms with E-state index in [1.165, 1.54) is 11.8 Å². The minimum atomic E-state index is -0.588. The van der Waals surface area contributed by atoms with Crippen molar-refractivity contribution in [2.75, 3.05) is 32.8 Å². The fraction of sp³-hybridized carbons (Fsp3) is 0.515. The lowest BCUT2D eigenvalue weighted by Crippen LogP contribution is -2.62. The Morgan fingerprint density at radius 1 is 1.07 bits per heavy atom. The highest BCUT2D eigenvalue weighted by molar-refractivity contribution is 8.18. The predicted octanol–water partition coefficient (Wildman–Crippen LogP) is 6.92. The van der Waals surface area contributed by atoms with Crippen LogP contribution in [0.3, 0.4) is 0 Å². The minimum Gasteiger partial charge on any atom is -0.348 e. The number of likely N-dealkylation sites (N-methyl/N-ethyl adjacent to an activating group) is 1. The lowest BCUT2D eigenvalue weighted by atomic mass is 9.81. The number of ether oxygens (including phenoxy) is 2. The molecule has 4 aliphatic heterocycles. The molecule has 2 aromatic carbocycles. The van der Waals surface area contributed by atoms with E-state index in [1.807, 2.05) is 43.0 Å². The van der Waals surface area contributed by atoms with Gasteiger partial charge in [0.2, 0.25) is 0 Å². The van der Waals surface area contributed by atoms with Crippen molar-refractivity contribution in [1.82, 2.24) is 14.7 Å². The van der Waals surface area contributed by atoms with Crippen LogP contribution in [0.15, 0.2) is 64.1 Å². The van der Waals surface area contributed by atoms with Gasteiger partial charge in [0.05, 0.1) is 24.8 Å². The highest BCUT2D eigenvalue weighted by Gasteiger charge is 2.53. The molecule has 0 unspecified atom stereocenters. The van der Waals surface area contributed by atoms with E-state index in [4.69, 9.17) is 37.7 Å². The van der Waals surface area contributed by atoms with Crippen LogP contribution in [0, 0.1) is 5.92 Å². The van der Waals surface area contributed by atoms with Crippen molar-refractivity contribution in [1.29, 1.82) is 0 Å². The molecule has 0 saturated carbocycles. The number of carbonyl (C=O) groups excluding carboxylic acids is 1. The molecule has 4 aliphatic rings. The zero-order valence-corrected chi connectivity index (χ0v) is 28.0. The predicted molar refractivity (Wildman–Crippen MR) is 174 cm³/mol. The zero-order chi connectivity index (χ0) is 30.7. The van der Waals surface area contributed by atoms with Gasteiger partial charge in [-0.1, -0.05) is 61.3 Å². The van der Waals surface area contributed by atoms with Gasteiger partial charge in [0.25, 0.3) is 5.91 Å². The van der Waals surface area contributed by atoms with Gasteiger partial charge in [-0.05, 0) is 80.8 Å². The Bertz CT molecular complexity index is 1440. The van der Waals surface area contributed by atoms with E-state index < -0.39 is 11.3 Å². The van der Waals surface area contributed by atoms with Crippen LogP contribution in [0.5, 0.6) is 0 Å². The van der Waals surface area contributed by atoms with Gasteiger partial charge in [0.15, 0.2) is 11.0 Å². The summed E-state index contributed by atoms with van der Waals surface area (Å²) in [6.45, 7) is 16.2. The number of nitrogens with zero attached hydrogens (tertiary/aromatic N) is 4. The highest BCUT2D eigenvalue weighted by atomic mass is 35.5. The number of benzene rings is 2. The van der Waals surface area contributed by atoms with Crippen molar-refractivity contribution in [2.24, 2.45) is 10.9 Å². The molecule has 4 heterocycles. The van der Waals surface area contributed by atoms with E-state index in [9.17, 15) is 4.79 Å². The molecule has 0 radical (unpaired) electrons. The van der Waals surface area contributed by atoms with Crippen molar-refractivity contribution < 1.29 is 14.3 Å². The summed E-state index contributed by atoms with van der Waals surface area (Å²) < 4.78 is 11.7. The van der Waals surface area contributed by atoms with Crippen molar-refractivity contribution in [3.63, 3.8) is 0 Å². The number of fused-ring (bicyclic) bond motifs is 1. The molecule has 1 amide bonds. The third-order valence-electron chi connectivity index (χ3n) is 8.88. The average Bonchev–Trinajstić information content (AvgIpc) is 3.56. The lowest BCUT2D eigenvalue weighted by molar-refractivity contribution is -0.144. The van der Waals surface area contributed by atoms with Gasteiger partial charge >= 0.3 is 0 Å². The van der Waals surface area contributed by atoms with Crippen LogP contribution >= 0.6 is 35.0 Å². The monoisotopic (exact) mass is 642 g/mol. The molecular weight excluding hydrogens is 603 g/mol. The third kappa shape index (κ3) is 5.75. The van der Waals surface area contributed by atoms with Crippen molar-refractivity contribution in [3.05, 3.63) is 80.3 Å². The van der Waals surface area contributed by atoms with Crippen molar-refractivity contribution >= 4 is 46.0 Å². The van der Waals surface area contributed by atoms with E-state index in [0.29, 0.717) is 23.2 Å². The summed E-state index contributed by atoms with van der Waals surface area (Å²) in [6, 6.07) is 16.0. The maximum absolute atomic E-state index is 14.3. The summed E-state index contributed by atoms with van der Waals surface area (Å²) in [6.07, 6.45) is 0.0623. The molecule has 2 aromatic rings. The van der Waals surface area contributed by atoms with Crippen LogP contribution in [-0.4, -0.2) is 76.5 Å². The van der Waals surface area contributed by atoms with E-state index in [0.717, 1.165) is 46.5 Å². The molecule has 10 heteroatoms. The van der Waals surface area contributed by atoms with Crippen molar-refractivity contribution in [2.45, 2.75) is 71.1 Å². The molecule has 0 bridgehead atoms. The fourth-order valence-electron chi connectivity index (χ4n) is 6.79. The van der Waals surface area contributed by atoms with Crippen molar-refractivity contribution in [3.8, 4) is 0 Å². The topological polar surface area (TPSA) is 57.6 Å². The van der Waals surface area contributed by atoms with Gasteiger partial charge in [-0.2, -0.15) is 0 Å². The first-order valence-corrected chi connectivity index (χ1v) is 16.6. The largest absolute Gasteiger partial charge is 0.348 e. The van der Waals surface area contributed by atoms with Crippen LogP contribution < -0.4 is 0 Å². The summed E-state index contributed by atoms with van der Waals surface area (Å²) in [7, 11) is 0. The maximum Gasteiger partial charge on any atom is 0.262 e. The number of hydrogen-bond donors (Lipinski definition) is 0. The normalized spacial score (nSPS) is 27.1. The van der Waals surface area contributed by atoms with E-state index in [1.54, 1.807) is 0 Å². The standard InChI is InChI=1S/C33H40Cl2N4O3S/c1-7-38(25-16-37(17-25)18-26-19-41-32(4,5)42-26)30(40)28-27(20(2)3)39-29(21-8-12-23(34)13-9-21)33(6,36-31(39)43-28)22-10-14-24(35)15-11-22/h8-15,20,25-26,29H,7,16-19H2,1-6H3/t26-,29+,33-/m0/s1. The van der Waals surface area contributed by atoms with Crippen LogP contribution in [0.2, 0.25) is 10.0 Å². The maximum atomic E-state index is 14.3. The van der Waals surface area contributed by atoms with E-state index in [-0.39, 0.29) is 30.0 Å². The lowest BCUT2D eigenvalue weighted by Gasteiger charge is -2.46. The van der Waals surface area contributed by atoms with Crippen LogP contribution in [0.25, 0.3) is 0 Å². The smallest absolute Gasteiger partial charge is 0.262 e. The molecule has 2 fully saturated rings. The highest BCUT2D eigenvalue weighted by Crippen LogP contribution is 2.56. The average molecular weight is 644 g/mol. The number of halogens is 2. The molecule has 0 N–H and O–H groups in total. The number of likely N-dealkylation sites (tertiary alicyclic amines) is 1. The molecule has 3 atom stereocenters. The molecule has 0 aliphatic carbocycles. The third-order valence-corrected chi connectivity index (χ3v) is 10.4. The number of aliphatic imine (C=N–C) groups is 1. The molecule has 230 valence electrons. The first kappa shape index (κ1) is 30.9. The summed E-state index contributed by atoms with van der Waals surface area (Å²) in [5.41, 5.74) is 2.60. The number of carbonyl (C=O) groups is 1. The van der Waals surface area contributed by atoms with Crippen LogP contribution in [-0.2, 0) is 19.8 Å². The SMILES string of the molecule is CCN(C(=O)C1=C(C(C)C)N2C(=N[C@@](C)(c3ccc(Cl)cc3)[C@H]2c2ccc(Cl)cc2)S1)C1CN(C[C@H]2COC(C)(C)O2)C1. The Balaban J connectivity index is 1.28. The van der Waals surface area contributed by atoms with Gasteiger partial charge in [-0.25, -0.2) is 4.99 Å². The molecule has 2 saturated heterocycles. The van der Waals surface area contributed by atoms with Gasteiger partial charge < -0.3 is 19.3 Å². The minimum absolute atomic E-state index is 0.0623. The quantitative estimate of drug-likeness (QED) is 0.312. The Labute approximate surface area is 269 Å². The van der Waals surface area contributed by atoms with Crippen LogP contribution in [0.1, 0.15) is 58.7 Å². The van der Waals surface area contributed by atoms with E-state index >= 15 is 0 Å². The summed E-state index contributed by atoms with van der Waals surface area (Å²) in [5, 5.41) is 2.23. The summed E-state index contributed by atoms with van der Waals surface area (Å²) >= 11 is 14.1. The number of allylic oxidation sites excluding steroid dienone is 1. The summed E-state index contributed by atoms with van der Waals surface area (Å²) in [4.78, 5) is 27.2. The Hall–Kier alpha value is -2.07. The number of rotatable bonds is 8. The zero-order valence-electron chi connectivity index (χ0n) is 25.6. The fourth-order valence-corrected chi connectivity index (χ4v) is 8.41. The Kier molecular flexibility index (Phi) is 8.41. The van der Waals surface area contributed by atoms with Crippen LogP contribution in [0.4, 0.5) is 0 Å². The Morgan fingerprint density at radius 2 is 1.70 bits per heavy atom. The van der Waals surface area contributed by atoms with Gasteiger partial charge in [0, 0.05) is 41.9 Å². The molecular formula is C33H40Cl2N4O3S. The second kappa shape index (κ2) is 11.7. The number of hydrogen-bond acceptors (Lipinski definition) is 7. The first-order chi connectivity index (χ1) is 20.4. The second-order valence-corrected chi connectivity index (χ2v) is 14.6. The molecule has 6 rings (SSSR count). The van der Waals surface area contributed by atoms with Gasteiger partial charge in [-0.15, -0.1) is 0 Å². The van der Waals surface area contributed by atoms with E-state index in [2.05, 4.69) is 61.8 Å². The number of thioether (sulfide) groups is 1. The molecule has 43 heavy (non-hydrogen) atoms. The molecule has 0 spiro atoms. The number of amidine groups is 1. The molecule has 7 nitrogen and oxygen atoms in total. The summed E-state index contributed by atoms with van der Waals surface area (Å²) in [5.74, 6) is -0.327. The number of amides is 1.